The molecule has 0 fully saturated rings. The molecule has 0 aliphatic carbocycles. The Morgan fingerprint density at radius 3 is 2.89 bits per heavy atom. The Balaban J connectivity index is 2.01. The molecule has 2 unspecified atom stereocenters. The number of rotatable bonds is 1. The molecule has 0 spiro atoms. The van der Waals surface area contributed by atoms with Crippen molar-refractivity contribution in [2.75, 3.05) is 5.32 Å². The number of thiophene rings is 1. The van der Waals surface area contributed by atoms with Crippen LogP contribution in [-0.4, -0.2) is 16.0 Å². The minimum absolute atomic E-state index is 0.0296. The average Bonchev–Trinajstić information content (AvgIpc) is 2.92. The highest BCUT2D eigenvalue weighted by molar-refractivity contribution is 7.10. The van der Waals surface area contributed by atoms with E-state index in [4.69, 9.17) is 0 Å². The summed E-state index contributed by atoms with van der Waals surface area (Å²) in [4.78, 5) is 0.916. The second-order valence-corrected chi connectivity index (χ2v) is 5.60. The van der Waals surface area contributed by atoms with E-state index in [0.717, 1.165) is 9.56 Å². The van der Waals surface area contributed by atoms with Gasteiger partial charge in [-0.05, 0) is 18.4 Å². The third-order valence-electron chi connectivity index (χ3n) is 3.20. The molecule has 2 atom stereocenters. The molecule has 1 aliphatic heterocycles. The van der Waals surface area contributed by atoms with E-state index in [9.17, 15) is 13.2 Å². The number of halogens is 3. The van der Waals surface area contributed by atoms with E-state index >= 15 is 0 Å². The standard InChI is InChI=1S/C12H12F3N3S/c1-7-5-11-16-8(9-3-2-4-19-9)6-10(12(13,14)15)18(11)17-7/h2-5,8,10,16H,6H2,1H3. The molecular formula is C12H12F3N3S. The van der Waals surface area contributed by atoms with Crippen LogP contribution in [0, 0.1) is 6.92 Å². The van der Waals surface area contributed by atoms with Gasteiger partial charge in [0.2, 0.25) is 0 Å². The number of aromatic nitrogens is 2. The molecule has 1 N–H and O–H groups in total. The second kappa shape index (κ2) is 4.26. The third kappa shape index (κ3) is 2.22. The first-order valence-electron chi connectivity index (χ1n) is 5.88. The minimum atomic E-state index is -4.29. The predicted molar refractivity (Wildman–Crippen MR) is 67.4 cm³/mol. The zero-order valence-corrected chi connectivity index (χ0v) is 10.9. The van der Waals surface area contributed by atoms with Crippen molar-refractivity contribution in [3.8, 4) is 0 Å². The lowest BCUT2D eigenvalue weighted by Gasteiger charge is -2.32. The van der Waals surface area contributed by atoms with Gasteiger partial charge in [-0.25, -0.2) is 4.68 Å². The summed E-state index contributed by atoms with van der Waals surface area (Å²) in [6.07, 6.45) is -4.32. The fraction of sp³-hybridized carbons (Fsp3) is 0.417. The number of anilines is 1. The van der Waals surface area contributed by atoms with Gasteiger partial charge in [0, 0.05) is 17.4 Å². The highest BCUT2D eigenvalue weighted by Gasteiger charge is 2.46. The van der Waals surface area contributed by atoms with Gasteiger partial charge >= 0.3 is 6.18 Å². The van der Waals surface area contributed by atoms with Crippen LogP contribution in [0.4, 0.5) is 19.0 Å². The lowest BCUT2D eigenvalue weighted by Crippen LogP contribution is -2.35. The zero-order chi connectivity index (χ0) is 13.6. The highest BCUT2D eigenvalue weighted by atomic mass is 32.1. The summed E-state index contributed by atoms with van der Waals surface area (Å²) in [6.45, 7) is 1.70. The number of alkyl halides is 3. The monoisotopic (exact) mass is 287 g/mol. The largest absolute Gasteiger partial charge is 0.410 e. The predicted octanol–water partition coefficient (Wildman–Crippen LogP) is 3.91. The van der Waals surface area contributed by atoms with E-state index in [1.54, 1.807) is 13.0 Å². The van der Waals surface area contributed by atoms with E-state index in [1.165, 1.54) is 11.3 Å². The van der Waals surface area contributed by atoms with Crippen molar-refractivity contribution in [2.24, 2.45) is 0 Å². The van der Waals surface area contributed by atoms with Crippen molar-refractivity contribution in [3.63, 3.8) is 0 Å². The quantitative estimate of drug-likeness (QED) is 0.861. The van der Waals surface area contributed by atoms with E-state index < -0.39 is 12.2 Å². The highest BCUT2D eigenvalue weighted by Crippen LogP contribution is 2.44. The van der Waals surface area contributed by atoms with Crippen molar-refractivity contribution in [1.82, 2.24) is 9.78 Å². The summed E-state index contributed by atoms with van der Waals surface area (Å²) in [5.41, 5.74) is 0.587. The molecule has 0 amide bonds. The van der Waals surface area contributed by atoms with Crippen LogP contribution in [-0.2, 0) is 0 Å². The Labute approximate surface area is 112 Å². The molecule has 19 heavy (non-hydrogen) atoms. The van der Waals surface area contributed by atoms with Crippen LogP contribution in [0.5, 0.6) is 0 Å². The normalized spacial score (nSPS) is 22.9. The van der Waals surface area contributed by atoms with Gasteiger partial charge in [0.1, 0.15) is 5.82 Å². The van der Waals surface area contributed by atoms with Gasteiger partial charge in [-0.15, -0.1) is 11.3 Å². The van der Waals surface area contributed by atoms with Crippen LogP contribution >= 0.6 is 11.3 Å². The Morgan fingerprint density at radius 2 is 2.26 bits per heavy atom. The number of aryl methyl sites for hydroxylation is 1. The Bertz CT molecular complexity index is 574. The molecule has 0 bridgehead atoms. The lowest BCUT2D eigenvalue weighted by atomic mass is 10.0. The maximum atomic E-state index is 13.2. The van der Waals surface area contributed by atoms with Crippen molar-refractivity contribution in [3.05, 3.63) is 34.2 Å². The van der Waals surface area contributed by atoms with E-state index in [1.807, 2.05) is 17.5 Å². The summed E-state index contributed by atoms with van der Waals surface area (Å²) in [5, 5.41) is 8.96. The van der Waals surface area contributed by atoms with Crippen LogP contribution in [0.1, 0.15) is 29.1 Å². The van der Waals surface area contributed by atoms with Gasteiger partial charge in [0.25, 0.3) is 0 Å². The van der Waals surface area contributed by atoms with E-state index in [-0.39, 0.29) is 12.5 Å². The summed E-state index contributed by atoms with van der Waals surface area (Å²) in [5.74, 6) is 0.435. The second-order valence-electron chi connectivity index (χ2n) is 4.62. The van der Waals surface area contributed by atoms with Crippen LogP contribution < -0.4 is 5.32 Å². The molecule has 2 aromatic rings. The molecule has 0 radical (unpaired) electrons. The number of nitrogens with one attached hydrogen (secondary N) is 1. The van der Waals surface area contributed by atoms with Crippen LogP contribution in [0.15, 0.2) is 23.6 Å². The Hall–Kier alpha value is -1.50. The van der Waals surface area contributed by atoms with Crippen LogP contribution in [0.3, 0.4) is 0 Å². The number of fused-ring (bicyclic) bond motifs is 1. The van der Waals surface area contributed by atoms with E-state index in [0.29, 0.717) is 11.5 Å². The van der Waals surface area contributed by atoms with Gasteiger partial charge in [-0.3, -0.25) is 0 Å². The molecule has 0 aromatic carbocycles. The number of hydrogen-bond donors (Lipinski definition) is 1. The summed E-state index contributed by atoms with van der Waals surface area (Å²) >= 11 is 1.46. The SMILES string of the molecule is Cc1cc2n(n1)C(C(F)(F)F)CC(c1cccs1)N2. The maximum Gasteiger partial charge on any atom is 0.410 e. The average molecular weight is 287 g/mol. The van der Waals surface area contributed by atoms with Crippen molar-refractivity contribution in [1.29, 1.82) is 0 Å². The first-order valence-corrected chi connectivity index (χ1v) is 6.76. The minimum Gasteiger partial charge on any atom is -0.363 e. The van der Waals surface area contributed by atoms with Crippen molar-refractivity contribution >= 4 is 17.2 Å². The van der Waals surface area contributed by atoms with Gasteiger partial charge in [0.15, 0.2) is 6.04 Å². The molecule has 0 saturated heterocycles. The Morgan fingerprint density at radius 1 is 1.47 bits per heavy atom. The molecular weight excluding hydrogens is 275 g/mol. The first kappa shape index (κ1) is 12.5. The smallest absolute Gasteiger partial charge is 0.363 e. The molecule has 7 heteroatoms. The molecule has 2 aromatic heterocycles. The molecule has 3 heterocycles. The van der Waals surface area contributed by atoms with Gasteiger partial charge in [0.05, 0.1) is 11.7 Å². The molecule has 102 valence electrons. The summed E-state index contributed by atoms with van der Waals surface area (Å²) < 4.78 is 40.5. The van der Waals surface area contributed by atoms with Gasteiger partial charge in [-0.2, -0.15) is 18.3 Å². The van der Waals surface area contributed by atoms with Crippen molar-refractivity contribution in [2.45, 2.75) is 31.6 Å². The first-order chi connectivity index (χ1) is 8.95. The van der Waals surface area contributed by atoms with E-state index in [2.05, 4.69) is 10.4 Å². The zero-order valence-electron chi connectivity index (χ0n) is 10.1. The van der Waals surface area contributed by atoms with Crippen LogP contribution in [0.2, 0.25) is 0 Å². The van der Waals surface area contributed by atoms with Crippen molar-refractivity contribution < 1.29 is 13.2 Å². The number of hydrogen-bond acceptors (Lipinski definition) is 3. The lowest BCUT2D eigenvalue weighted by molar-refractivity contribution is -0.173. The Kier molecular flexibility index (Phi) is 2.81. The molecule has 3 nitrogen and oxygen atoms in total. The maximum absolute atomic E-state index is 13.2. The van der Waals surface area contributed by atoms with Gasteiger partial charge < -0.3 is 5.32 Å². The summed E-state index contributed by atoms with van der Waals surface area (Å²) in [7, 11) is 0. The fourth-order valence-electron chi connectivity index (χ4n) is 2.37. The fourth-order valence-corrected chi connectivity index (χ4v) is 3.16. The molecule has 1 aliphatic rings. The third-order valence-corrected chi connectivity index (χ3v) is 4.18. The molecule has 0 saturated carbocycles. The van der Waals surface area contributed by atoms with Gasteiger partial charge in [-0.1, -0.05) is 6.07 Å². The number of nitrogens with zero attached hydrogens (tertiary/aromatic N) is 2. The topological polar surface area (TPSA) is 29.9 Å². The van der Waals surface area contributed by atoms with Crippen LogP contribution in [0.25, 0.3) is 0 Å². The molecule has 3 rings (SSSR count). The summed E-state index contributed by atoms with van der Waals surface area (Å²) in [6, 6.07) is 3.48.